The summed E-state index contributed by atoms with van der Waals surface area (Å²) in [6.45, 7) is 5.65. The molecule has 5 rings (SSSR count). The second-order valence-corrected chi connectivity index (χ2v) is 9.53. The zero-order valence-corrected chi connectivity index (χ0v) is 20.8. The Kier molecular flexibility index (Phi) is 7.28. The van der Waals surface area contributed by atoms with Crippen molar-refractivity contribution in [1.29, 1.82) is 0 Å². The molecule has 0 bridgehead atoms. The van der Waals surface area contributed by atoms with E-state index < -0.39 is 0 Å². The normalized spacial score (nSPS) is 15.2. The molecule has 1 aliphatic carbocycles. The lowest BCUT2D eigenvalue weighted by Gasteiger charge is -2.22. The molecule has 0 aromatic heterocycles. The van der Waals surface area contributed by atoms with Crippen LogP contribution in [-0.2, 0) is 11.2 Å². The third-order valence-electron chi connectivity index (χ3n) is 6.96. The van der Waals surface area contributed by atoms with E-state index in [4.69, 9.17) is 4.74 Å². The summed E-state index contributed by atoms with van der Waals surface area (Å²) < 4.78 is 5.10. The van der Waals surface area contributed by atoms with Gasteiger partial charge in [0.05, 0.1) is 12.2 Å². The summed E-state index contributed by atoms with van der Waals surface area (Å²) in [5.74, 6) is -0.471. The fourth-order valence-corrected chi connectivity index (χ4v) is 5.04. The maximum Gasteiger partial charge on any atom is 0.338 e. The molecule has 1 aliphatic heterocycles. The summed E-state index contributed by atoms with van der Waals surface area (Å²) in [6, 6.07) is 21.0. The highest BCUT2D eigenvalue weighted by molar-refractivity contribution is 6.04. The zero-order valence-electron chi connectivity index (χ0n) is 20.8. The Morgan fingerprint density at radius 3 is 2.47 bits per heavy atom. The molecular weight excluding hydrogens is 448 g/mol. The molecule has 1 amide bonds. The van der Waals surface area contributed by atoms with Crippen LogP contribution in [0.5, 0.6) is 0 Å². The van der Waals surface area contributed by atoms with E-state index in [2.05, 4.69) is 28.4 Å². The second kappa shape index (κ2) is 10.9. The van der Waals surface area contributed by atoms with Gasteiger partial charge in [-0.05, 0) is 104 Å². The number of nitrogens with zero attached hydrogens (tertiary/aromatic N) is 1. The van der Waals surface area contributed by atoms with Crippen LogP contribution in [0.3, 0.4) is 0 Å². The van der Waals surface area contributed by atoms with E-state index in [1.54, 1.807) is 13.0 Å². The molecule has 1 N–H and O–H groups in total. The predicted molar refractivity (Wildman–Crippen MR) is 144 cm³/mol. The quantitative estimate of drug-likeness (QED) is 0.409. The molecule has 0 spiro atoms. The highest BCUT2D eigenvalue weighted by atomic mass is 16.5. The molecule has 0 unspecified atom stereocenters. The first-order valence-electron chi connectivity index (χ1n) is 12.8. The summed E-state index contributed by atoms with van der Waals surface area (Å²) >= 11 is 0. The lowest BCUT2D eigenvalue weighted by molar-refractivity contribution is 0.0526. The van der Waals surface area contributed by atoms with Crippen molar-refractivity contribution in [3.05, 3.63) is 94.6 Å². The number of carbonyl (C=O) groups is 2. The minimum absolute atomic E-state index is 0.136. The van der Waals surface area contributed by atoms with Crippen molar-refractivity contribution in [2.24, 2.45) is 0 Å². The number of rotatable bonds is 7. The highest BCUT2D eigenvalue weighted by Crippen LogP contribution is 2.28. The molecular formula is C31H32N2O3. The number of hydrogen-bond donors (Lipinski definition) is 1. The van der Waals surface area contributed by atoms with Gasteiger partial charge in [-0.15, -0.1) is 0 Å². The van der Waals surface area contributed by atoms with Gasteiger partial charge < -0.3 is 10.1 Å². The Morgan fingerprint density at radius 2 is 1.69 bits per heavy atom. The van der Waals surface area contributed by atoms with Crippen LogP contribution in [0.15, 0.2) is 72.3 Å². The van der Waals surface area contributed by atoms with Gasteiger partial charge >= 0.3 is 5.97 Å². The van der Waals surface area contributed by atoms with Crippen molar-refractivity contribution in [2.75, 3.05) is 31.6 Å². The first kappa shape index (κ1) is 24.0. The van der Waals surface area contributed by atoms with E-state index in [1.165, 1.54) is 42.6 Å². The van der Waals surface area contributed by atoms with Gasteiger partial charge in [0.2, 0.25) is 0 Å². The Balaban J connectivity index is 1.24. The van der Waals surface area contributed by atoms with E-state index in [-0.39, 0.29) is 11.9 Å². The summed E-state index contributed by atoms with van der Waals surface area (Å²) in [7, 11) is 0. The van der Waals surface area contributed by atoms with Crippen LogP contribution in [0.4, 0.5) is 5.69 Å². The van der Waals surface area contributed by atoms with Gasteiger partial charge in [0.25, 0.3) is 5.91 Å². The first-order valence-corrected chi connectivity index (χ1v) is 12.8. The number of fused-ring (bicyclic) bond motifs is 1. The fourth-order valence-electron chi connectivity index (χ4n) is 5.04. The van der Waals surface area contributed by atoms with Crippen LogP contribution < -0.4 is 5.32 Å². The van der Waals surface area contributed by atoms with Gasteiger partial charge in [-0.2, -0.15) is 0 Å². The minimum atomic E-state index is -0.335. The molecule has 36 heavy (non-hydrogen) atoms. The number of amides is 1. The van der Waals surface area contributed by atoms with Crippen molar-refractivity contribution in [2.45, 2.75) is 32.6 Å². The van der Waals surface area contributed by atoms with Crippen molar-refractivity contribution in [3.63, 3.8) is 0 Å². The Hall–Kier alpha value is -3.70. The van der Waals surface area contributed by atoms with Crippen molar-refractivity contribution in [3.8, 4) is 11.1 Å². The summed E-state index contributed by atoms with van der Waals surface area (Å²) in [4.78, 5) is 27.5. The number of ether oxygens (including phenoxy) is 1. The number of anilines is 1. The Bertz CT molecular complexity index is 1290. The molecule has 0 atom stereocenters. The second-order valence-electron chi connectivity index (χ2n) is 9.53. The maximum atomic E-state index is 12.9. The number of likely N-dealkylation sites (tertiary alicyclic amines) is 1. The number of benzene rings is 3. The average molecular weight is 481 g/mol. The number of carbonyl (C=O) groups excluding carboxylic acids is 2. The average Bonchev–Trinajstić information content (AvgIpc) is 3.42. The summed E-state index contributed by atoms with van der Waals surface area (Å²) in [5, 5.41) is 3.05. The standard InChI is InChI=1S/C31H32N2O3/c1-2-36-31(35)28-7-5-6-25(19-28)23-10-12-24(13-11-23)30(34)32-29-15-14-26-18-22(8-9-27(26)20-29)21-33-16-3-4-17-33/h5-7,10-15,18-20H,2-4,8-9,16-17,21H2,1H3,(H,32,34). The van der Waals surface area contributed by atoms with Gasteiger partial charge in [0, 0.05) is 17.8 Å². The highest BCUT2D eigenvalue weighted by Gasteiger charge is 2.17. The molecule has 5 nitrogen and oxygen atoms in total. The monoisotopic (exact) mass is 480 g/mol. The van der Waals surface area contributed by atoms with E-state index in [0.29, 0.717) is 17.7 Å². The largest absolute Gasteiger partial charge is 0.462 e. The SMILES string of the molecule is CCOC(=O)c1cccc(-c2ccc(C(=O)Nc3ccc4c(c3)CCC(CN3CCCC3)=C4)cc2)c1. The third-order valence-corrected chi connectivity index (χ3v) is 6.96. The van der Waals surface area contributed by atoms with Crippen LogP contribution in [0, 0.1) is 0 Å². The van der Waals surface area contributed by atoms with Crippen molar-refractivity contribution >= 4 is 23.6 Å². The lowest BCUT2D eigenvalue weighted by atomic mass is 9.91. The van der Waals surface area contributed by atoms with E-state index in [9.17, 15) is 9.59 Å². The van der Waals surface area contributed by atoms with Crippen molar-refractivity contribution < 1.29 is 14.3 Å². The number of aryl methyl sites for hydroxylation is 1. The lowest BCUT2D eigenvalue weighted by Crippen LogP contribution is -2.23. The van der Waals surface area contributed by atoms with Gasteiger partial charge in [-0.3, -0.25) is 9.69 Å². The predicted octanol–water partition coefficient (Wildman–Crippen LogP) is 6.21. The van der Waals surface area contributed by atoms with Gasteiger partial charge in [0.15, 0.2) is 0 Å². The molecule has 2 aliphatic rings. The van der Waals surface area contributed by atoms with Crippen LogP contribution in [0.2, 0.25) is 0 Å². The summed E-state index contributed by atoms with van der Waals surface area (Å²) in [5.41, 5.74) is 7.82. The molecule has 3 aromatic rings. The smallest absolute Gasteiger partial charge is 0.338 e. The van der Waals surface area contributed by atoms with Crippen molar-refractivity contribution in [1.82, 2.24) is 4.90 Å². The number of hydrogen-bond acceptors (Lipinski definition) is 4. The first-order chi connectivity index (χ1) is 17.6. The van der Waals surface area contributed by atoms with E-state index >= 15 is 0 Å². The van der Waals surface area contributed by atoms with Crippen LogP contribution in [0.1, 0.15) is 58.0 Å². The topological polar surface area (TPSA) is 58.6 Å². The Labute approximate surface area is 212 Å². The fraction of sp³-hybridized carbons (Fsp3) is 0.290. The van der Waals surface area contributed by atoms with Gasteiger partial charge in [-0.1, -0.05) is 42.0 Å². The van der Waals surface area contributed by atoms with E-state index in [1.807, 2.05) is 48.5 Å². The molecule has 0 saturated carbocycles. The third kappa shape index (κ3) is 5.58. The van der Waals surface area contributed by atoms with Gasteiger partial charge in [0.1, 0.15) is 0 Å². The molecule has 184 valence electrons. The zero-order chi connectivity index (χ0) is 24.9. The number of esters is 1. The molecule has 1 heterocycles. The van der Waals surface area contributed by atoms with Crippen LogP contribution in [0.25, 0.3) is 17.2 Å². The number of nitrogens with one attached hydrogen (secondary N) is 1. The molecule has 5 heteroatoms. The minimum Gasteiger partial charge on any atom is -0.462 e. The van der Waals surface area contributed by atoms with Crippen LogP contribution in [-0.4, -0.2) is 43.0 Å². The molecule has 1 saturated heterocycles. The Morgan fingerprint density at radius 1 is 0.889 bits per heavy atom. The maximum absolute atomic E-state index is 12.9. The molecule has 0 radical (unpaired) electrons. The van der Waals surface area contributed by atoms with Crippen LogP contribution >= 0.6 is 0 Å². The van der Waals surface area contributed by atoms with E-state index in [0.717, 1.165) is 36.2 Å². The molecule has 3 aromatic carbocycles. The molecule has 1 fully saturated rings. The summed E-state index contributed by atoms with van der Waals surface area (Å²) in [6.07, 6.45) is 7.06. The van der Waals surface area contributed by atoms with Gasteiger partial charge in [-0.25, -0.2) is 4.79 Å².